The van der Waals surface area contributed by atoms with Gasteiger partial charge in [-0.2, -0.15) is 5.26 Å². The zero-order chi connectivity index (χ0) is 20.9. The van der Waals surface area contributed by atoms with E-state index in [0.717, 1.165) is 37.6 Å². The van der Waals surface area contributed by atoms with Crippen LogP contribution in [0.2, 0.25) is 0 Å². The van der Waals surface area contributed by atoms with Crippen molar-refractivity contribution < 1.29 is 19.7 Å². The average Bonchev–Trinajstić information content (AvgIpc) is 3.08. The van der Waals surface area contributed by atoms with Crippen LogP contribution in [0.3, 0.4) is 0 Å². The van der Waals surface area contributed by atoms with Crippen molar-refractivity contribution in [3.8, 4) is 6.07 Å². The lowest BCUT2D eigenvalue weighted by atomic mass is 9.47. The first-order valence-corrected chi connectivity index (χ1v) is 10.5. The maximum atomic E-state index is 12.6. The van der Waals surface area contributed by atoms with E-state index in [9.17, 15) is 20.3 Å². The highest BCUT2D eigenvalue weighted by Gasteiger charge is 2.57. The number of nitriles is 1. The van der Waals surface area contributed by atoms with Gasteiger partial charge in [0, 0.05) is 0 Å². The van der Waals surface area contributed by atoms with Gasteiger partial charge in [-0.25, -0.2) is 4.98 Å². The second kappa shape index (κ2) is 6.85. The van der Waals surface area contributed by atoms with Crippen molar-refractivity contribution in [2.24, 2.45) is 17.3 Å². The van der Waals surface area contributed by atoms with Crippen LogP contribution in [-0.2, 0) is 9.53 Å². The Labute approximate surface area is 174 Å². The number of carbonyl (C=O) groups excluding carboxylic acids is 1. The number of esters is 1. The molecule has 2 aromatic rings. The van der Waals surface area contributed by atoms with Crippen molar-refractivity contribution >= 4 is 22.6 Å². The van der Waals surface area contributed by atoms with Crippen LogP contribution in [0, 0.1) is 28.6 Å². The summed E-state index contributed by atoms with van der Waals surface area (Å²) in [5.41, 5.74) is 0.589. The topological polar surface area (TPSA) is 119 Å². The van der Waals surface area contributed by atoms with Crippen molar-refractivity contribution in [2.45, 2.75) is 50.5 Å². The van der Waals surface area contributed by atoms with Crippen molar-refractivity contribution in [3.05, 3.63) is 35.8 Å². The number of hydrogen-bond acceptors (Lipinski definition) is 6. The number of nitrogens with one attached hydrogen (secondary N) is 1. The Kier molecular flexibility index (Phi) is 4.37. The van der Waals surface area contributed by atoms with Crippen LogP contribution in [-0.4, -0.2) is 38.4 Å². The van der Waals surface area contributed by atoms with E-state index in [1.165, 1.54) is 0 Å². The van der Waals surface area contributed by atoms with Gasteiger partial charge in [0.15, 0.2) is 11.6 Å². The molecule has 0 radical (unpaired) electrons. The highest BCUT2D eigenvalue weighted by molar-refractivity contribution is 5.83. The first-order valence-electron chi connectivity index (χ1n) is 10.5. The minimum Gasteiger partial charge on any atom is -0.507 e. The van der Waals surface area contributed by atoms with Crippen LogP contribution >= 0.6 is 0 Å². The van der Waals surface area contributed by atoms with Crippen LogP contribution in [0.25, 0.3) is 16.6 Å². The minimum atomic E-state index is -0.623. The van der Waals surface area contributed by atoms with E-state index >= 15 is 0 Å². The molecule has 3 N–H and O–H groups in total. The third kappa shape index (κ3) is 3.35. The third-order valence-electron chi connectivity index (χ3n) is 7.07. The Morgan fingerprint density at radius 2 is 2.00 bits per heavy atom. The van der Waals surface area contributed by atoms with Gasteiger partial charge in [-0.15, -0.1) is 0 Å². The summed E-state index contributed by atoms with van der Waals surface area (Å²) in [5, 5.41) is 30.7. The van der Waals surface area contributed by atoms with Gasteiger partial charge in [0.05, 0.1) is 23.1 Å². The molecule has 0 spiro atoms. The number of aliphatic hydroxyl groups excluding tert-OH is 1. The molecule has 0 aliphatic heterocycles. The SMILES string of the molecule is N#C/C(=C(/O)COC(=O)CC12C[C@@H]3C[C@@H](CC(O)(C3)C1)C2)c1nc2ccccc2[nH]1. The number of benzene rings is 1. The monoisotopic (exact) mass is 407 g/mol. The van der Waals surface area contributed by atoms with E-state index in [2.05, 4.69) is 9.97 Å². The summed E-state index contributed by atoms with van der Waals surface area (Å²) in [7, 11) is 0. The molecule has 4 saturated carbocycles. The van der Waals surface area contributed by atoms with Crippen LogP contribution in [0.15, 0.2) is 30.0 Å². The number of rotatable bonds is 5. The van der Waals surface area contributed by atoms with Crippen LogP contribution < -0.4 is 0 Å². The predicted molar refractivity (Wildman–Crippen MR) is 109 cm³/mol. The molecule has 7 heteroatoms. The van der Waals surface area contributed by atoms with E-state index in [0.29, 0.717) is 23.8 Å². The lowest BCUT2D eigenvalue weighted by Gasteiger charge is -2.60. The van der Waals surface area contributed by atoms with Gasteiger partial charge in [-0.1, -0.05) is 12.1 Å². The number of para-hydroxylation sites is 2. The lowest BCUT2D eigenvalue weighted by molar-refractivity contribution is -0.176. The molecule has 4 aliphatic carbocycles. The maximum Gasteiger partial charge on any atom is 0.306 e. The summed E-state index contributed by atoms with van der Waals surface area (Å²) in [5.74, 6) is 0.518. The lowest BCUT2D eigenvalue weighted by Crippen LogP contribution is -2.56. The number of aromatic amines is 1. The Bertz CT molecular complexity index is 1030. The summed E-state index contributed by atoms with van der Waals surface area (Å²) >= 11 is 0. The van der Waals surface area contributed by atoms with Gasteiger partial charge in [-0.3, -0.25) is 4.79 Å². The van der Waals surface area contributed by atoms with E-state index in [4.69, 9.17) is 4.74 Å². The van der Waals surface area contributed by atoms with E-state index in [1.807, 2.05) is 24.3 Å². The van der Waals surface area contributed by atoms with Crippen molar-refractivity contribution in [1.29, 1.82) is 5.26 Å². The van der Waals surface area contributed by atoms with Crippen LogP contribution in [0.1, 0.15) is 50.8 Å². The number of hydrogen-bond donors (Lipinski definition) is 3. The zero-order valence-electron chi connectivity index (χ0n) is 16.7. The summed E-state index contributed by atoms with van der Waals surface area (Å²) in [6.45, 7) is -0.369. The van der Waals surface area contributed by atoms with E-state index in [-0.39, 0.29) is 35.6 Å². The Balaban J connectivity index is 1.27. The van der Waals surface area contributed by atoms with Gasteiger partial charge in [0.1, 0.15) is 18.2 Å². The molecule has 4 atom stereocenters. The molecule has 4 bridgehead atoms. The second-order valence-corrected chi connectivity index (χ2v) is 9.56. The quantitative estimate of drug-likeness (QED) is 0.396. The molecule has 156 valence electrons. The smallest absolute Gasteiger partial charge is 0.306 e. The molecule has 4 aliphatic rings. The molecule has 6 rings (SSSR count). The Morgan fingerprint density at radius 1 is 1.27 bits per heavy atom. The standard InChI is InChI=1S/C23H25N3O4/c24-11-16(21-25-17-3-1-2-4-18(17)26-21)19(27)12-30-20(28)10-22-6-14-5-15(7-22)9-23(29,8-14)13-22/h1-4,14-15,27,29H,5-10,12-13H2,(H,25,26)/b19-16-/t14-,15+,22?,23?. The van der Waals surface area contributed by atoms with E-state index < -0.39 is 11.6 Å². The first-order chi connectivity index (χ1) is 14.4. The molecule has 2 unspecified atom stereocenters. The van der Waals surface area contributed by atoms with Gasteiger partial charge in [0.2, 0.25) is 0 Å². The largest absolute Gasteiger partial charge is 0.507 e. The molecular weight excluding hydrogens is 382 g/mol. The first kappa shape index (κ1) is 19.1. The van der Waals surface area contributed by atoms with Gasteiger partial charge < -0.3 is 19.9 Å². The molecule has 1 aromatic heterocycles. The summed E-state index contributed by atoms with van der Waals surface area (Å²) < 4.78 is 5.33. The van der Waals surface area contributed by atoms with Crippen molar-refractivity contribution in [2.75, 3.05) is 6.61 Å². The second-order valence-electron chi connectivity index (χ2n) is 9.56. The van der Waals surface area contributed by atoms with Gasteiger partial charge in [0.25, 0.3) is 0 Å². The number of ether oxygens (including phenoxy) is 1. The predicted octanol–water partition coefficient (Wildman–Crippen LogP) is 3.62. The fourth-order valence-corrected chi connectivity index (χ4v) is 6.51. The molecule has 1 aromatic carbocycles. The average molecular weight is 407 g/mol. The molecular formula is C23H25N3O4. The molecule has 30 heavy (non-hydrogen) atoms. The zero-order valence-corrected chi connectivity index (χ0v) is 16.7. The Hall–Kier alpha value is -2.85. The number of nitrogens with zero attached hydrogens (tertiary/aromatic N) is 2. The third-order valence-corrected chi connectivity index (χ3v) is 7.07. The number of allylic oxidation sites excluding steroid dienone is 1. The number of aromatic nitrogens is 2. The minimum absolute atomic E-state index is 0.0388. The molecule has 0 saturated heterocycles. The molecule has 1 heterocycles. The van der Waals surface area contributed by atoms with Gasteiger partial charge >= 0.3 is 5.97 Å². The molecule has 7 nitrogen and oxygen atoms in total. The fourth-order valence-electron chi connectivity index (χ4n) is 6.51. The molecule has 4 fully saturated rings. The summed E-state index contributed by atoms with van der Waals surface area (Å²) in [6, 6.07) is 9.27. The fraction of sp³-hybridized carbons (Fsp3) is 0.522. The molecule has 0 amide bonds. The maximum absolute atomic E-state index is 12.6. The van der Waals surface area contributed by atoms with Crippen LogP contribution in [0.5, 0.6) is 0 Å². The van der Waals surface area contributed by atoms with Crippen molar-refractivity contribution in [3.63, 3.8) is 0 Å². The Morgan fingerprint density at radius 3 is 2.67 bits per heavy atom. The highest BCUT2D eigenvalue weighted by atomic mass is 16.5. The number of carbonyl (C=O) groups is 1. The number of imidazole rings is 1. The summed E-state index contributed by atoms with van der Waals surface area (Å²) in [4.78, 5) is 19.9. The number of H-pyrrole nitrogens is 1. The van der Waals surface area contributed by atoms with Crippen molar-refractivity contribution in [1.82, 2.24) is 9.97 Å². The van der Waals surface area contributed by atoms with E-state index in [1.54, 1.807) is 6.07 Å². The van der Waals surface area contributed by atoms with Gasteiger partial charge in [-0.05, 0) is 67.9 Å². The summed E-state index contributed by atoms with van der Waals surface area (Å²) in [6.07, 6.45) is 5.70. The highest BCUT2D eigenvalue weighted by Crippen LogP contribution is 2.62. The normalized spacial score (nSPS) is 32.7. The van der Waals surface area contributed by atoms with Crippen LogP contribution in [0.4, 0.5) is 0 Å². The number of aliphatic hydroxyl groups is 2. The number of fused-ring (bicyclic) bond motifs is 1.